The summed E-state index contributed by atoms with van der Waals surface area (Å²) in [5.41, 5.74) is 3.94. The summed E-state index contributed by atoms with van der Waals surface area (Å²) in [7, 11) is -0.642. The number of aliphatic imine (C=N–C) groups is 1. The number of benzene rings is 2. The number of amides is 1. The second-order valence-electron chi connectivity index (χ2n) is 7.48. The summed E-state index contributed by atoms with van der Waals surface area (Å²) in [6, 6.07) is 10.8. The maximum atomic E-state index is 12.7. The average Bonchev–Trinajstić information content (AvgIpc) is 3.00. The molecule has 32 heavy (non-hydrogen) atoms. The second-order valence-corrected chi connectivity index (χ2v) is 9.10. The molecule has 0 aromatic heterocycles. The molecule has 3 rings (SSSR count). The van der Waals surface area contributed by atoms with E-state index in [1.807, 2.05) is 26.0 Å². The molecular weight excluding hydrogens is 430 g/mol. The standard InChI is InChI=1S/C23H27N3O5S/c1-14-6-7-17(10-15(14)2)22-16(3)23(26-32(22,28)29)25-13-21(27)24-12-18-8-9-19(30-4)11-20(18)31-5/h6-11H,12-13H2,1-5H3,(H,24,27)(H,25,26). The van der Waals surface area contributed by atoms with E-state index in [2.05, 4.69) is 15.0 Å². The third-order valence-corrected chi connectivity index (χ3v) is 6.86. The highest BCUT2D eigenvalue weighted by Gasteiger charge is 2.32. The summed E-state index contributed by atoms with van der Waals surface area (Å²) in [5, 5.41) is 2.77. The average molecular weight is 458 g/mol. The first kappa shape index (κ1) is 23.3. The third-order valence-electron chi connectivity index (χ3n) is 5.32. The molecule has 9 heteroatoms. The van der Waals surface area contributed by atoms with Gasteiger partial charge in [0.25, 0.3) is 10.0 Å². The number of methoxy groups -OCH3 is 2. The van der Waals surface area contributed by atoms with E-state index in [0.717, 1.165) is 16.7 Å². The minimum atomic E-state index is -3.75. The SMILES string of the molecule is COc1ccc(CNC(=O)CN=C2NS(=O)(=O)C(c3ccc(C)c(C)c3)=C2C)c(OC)c1. The van der Waals surface area contributed by atoms with Crippen LogP contribution in [0.3, 0.4) is 0 Å². The number of sulfonamides is 1. The fraction of sp³-hybridized carbons (Fsp3) is 0.304. The first-order valence-corrected chi connectivity index (χ1v) is 11.5. The quantitative estimate of drug-likeness (QED) is 0.665. The molecule has 1 aliphatic heterocycles. The summed E-state index contributed by atoms with van der Waals surface area (Å²) >= 11 is 0. The molecule has 8 nitrogen and oxygen atoms in total. The molecule has 1 heterocycles. The molecule has 0 radical (unpaired) electrons. The topological polar surface area (TPSA) is 106 Å². The summed E-state index contributed by atoms with van der Waals surface area (Å²) < 4.78 is 38.3. The molecule has 2 aromatic rings. The molecular formula is C23H27N3O5S. The number of rotatable bonds is 7. The van der Waals surface area contributed by atoms with Gasteiger partial charge in [-0.25, -0.2) is 8.42 Å². The van der Waals surface area contributed by atoms with Crippen molar-refractivity contribution in [2.24, 2.45) is 4.99 Å². The van der Waals surface area contributed by atoms with Gasteiger partial charge in [-0.3, -0.25) is 14.5 Å². The van der Waals surface area contributed by atoms with Crippen molar-refractivity contribution in [2.45, 2.75) is 27.3 Å². The van der Waals surface area contributed by atoms with Crippen LogP contribution < -0.4 is 19.5 Å². The van der Waals surface area contributed by atoms with Crippen LogP contribution in [0, 0.1) is 13.8 Å². The van der Waals surface area contributed by atoms with Gasteiger partial charge in [0.05, 0.1) is 14.2 Å². The minimum absolute atomic E-state index is 0.176. The van der Waals surface area contributed by atoms with Crippen LogP contribution in [0.25, 0.3) is 4.91 Å². The van der Waals surface area contributed by atoms with E-state index in [1.54, 1.807) is 45.4 Å². The van der Waals surface area contributed by atoms with Crippen LogP contribution >= 0.6 is 0 Å². The van der Waals surface area contributed by atoms with E-state index in [1.165, 1.54) is 0 Å². The molecule has 0 aliphatic carbocycles. The van der Waals surface area contributed by atoms with Crippen molar-refractivity contribution in [1.29, 1.82) is 0 Å². The third kappa shape index (κ3) is 4.94. The zero-order chi connectivity index (χ0) is 23.5. The van der Waals surface area contributed by atoms with Gasteiger partial charge in [-0.2, -0.15) is 0 Å². The molecule has 1 aliphatic rings. The number of nitrogens with zero attached hydrogens (tertiary/aromatic N) is 1. The molecule has 1 amide bonds. The fourth-order valence-corrected chi connectivity index (χ4v) is 4.88. The summed E-state index contributed by atoms with van der Waals surface area (Å²) in [6.45, 7) is 5.61. The number of carbonyl (C=O) groups is 1. The smallest absolute Gasteiger partial charge is 0.264 e. The number of aryl methyl sites for hydroxylation is 2. The number of amidine groups is 1. The van der Waals surface area contributed by atoms with Crippen molar-refractivity contribution >= 4 is 26.7 Å². The van der Waals surface area contributed by atoms with Crippen LogP contribution in [-0.2, 0) is 21.4 Å². The van der Waals surface area contributed by atoms with Gasteiger partial charge in [0.1, 0.15) is 28.8 Å². The van der Waals surface area contributed by atoms with Gasteiger partial charge in [0, 0.05) is 23.7 Å². The number of nitrogens with one attached hydrogen (secondary N) is 2. The molecule has 0 saturated carbocycles. The van der Waals surface area contributed by atoms with Crippen molar-refractivity contribution in [3.05, 3.63) is 64.2 Å². The summed E-state index contributed by atoms with van der Waals surface area (Å²) in [6.07, 6.45) is 0. The van der Waals surface area contributed by atoms with Gasteiger partial charge in [-0.1, -0.05) is 18.2 Å². The molecule has 2 aromatic carbocycles. The molecule has 0 bridgehead atoms. The minimum Gasteiger partial charge on any atom is -0.497 e. The zero-order valence-corrected chi connectivity index (χ0v) is 19.6. The highest BCUT2D eigenvalue weighted by atomic mass is 32.2. The second kappa shape index (κ2) is 9.44. The molecule has 0 fully saturated rings. The predicted octanol–water partition coefficient (Wildman–Crippen LogP) is 2.70. The first-order chi connectivity index (χ1) is 15.2. The Labute approximate surface area is 188 Å². The Morgan fingerprint density at radius 1 is 1.03 bits per heavy atom. The number of hydrogen-bond acceptors (Lipinski definition) is 6. The normalized spacial score (nSPS) is 16.1. The highest BCUT2D eigenvalue weighted by molar-refractivity contribution is 8.00. The number of hydrogen-bond donors (Lipinski definition) is 2. The van der Waals surface area contributed by atoms with Crippen molar-refractivity contribution in [1.82, 2.24) is 10.0 Å². The van der Waals surface area contributed by atoms with Crippen LogP contribution in [-0.4, -0.2) is 40.9 Å². The first-order valence-electron chi connectivity index (χ1n) is 10.00. The summed E-state index contributed by atoms with van der Waals surface area (Å²) in [5.74, 6) is 1.08. The number of carbonyl (C=O) groups excluding carboxylic acids is 1. The monoisotopic (exact) mass is 457 g/mol. The Morgan fingerprint density at radius 2 is 1.78 bits per heavy atom. The van der Waals surface area contributed by atoms with E-state index in [0.29, 0.717) is 22.6 Å². The van der Waals surface area contributed by atoms with Gasteiger partial charge < -0.3 is 14.8 Å². The molecule has 2 N–H and O–H groups in total. The van der Waals surface area contributed by atoms with Gasteiger partial charge in [-0.15, -0.1) is 0 Å². The van der Waals surface area contributed by atoms with Gasteiger partial charge >= 0.3 is 0 Å². The van der Waals surface area contributed by atoms with Gasteiger partial charge in [0.2, 0.25) is 5.91 Å². The van der Waals surface area contributed by atoms with E-state index in [-0.39, 0.29) is 29.7 Å². The van der Waals surface area contributed by atoms with E-state index >= 15 is 0 Å². The Hall–Kier alpha value is -3.33. The maximum absolute atomic E-state index is 12.7. The largest absolute Gasteiger partial charge is 0.497 e. The summed E-state index contributed by atoms with van der Waals surface area (Å²) in [4.78, 5) is 16.7. The molecule has 0 spiro atoms. The van der Waals surface area contributed by atoms with Crippen LogP contribution in [0.15, 0.2) is 47.0 Å². The molecule has 0 saturated heterocycles. The van der Waals surface area contributed by atoms with Crippen LogP contribution in [0.5, 0.6) is 11.5 Å². The zero-order valence-electron chi connectivity index (χ0n) is 18.8. The van der Waals surface area contributed by atoms with Crippen molar-refractivity contribution in [3.8, 4) is 11.5 Å². The lowest BCUT2D eigenvalue weighted by Gasteiger charge is -2.11. The van der Waals surface area contributed by atoms with Crippen LogP contribution in [0.1, 0.15) is 29.2 Å². The van der Waals surface area contributed by atoms with E-state index < -0.39 is 10.0 Å². The van der Waals surface area contributed by atoms with Crippen molar-refractivity contribution in [2.75, 3.05) is 20.8 Å². The Morgan fingerprint density at radius 3 is 2.44 bits per heavy atom. The molecule has 0 unspecified atom stereocenters. The van der Waals surface area contributed by atoms with Crippen molar-refractivity contribution < 1.29 is 22.7 Å². The van der Waals surface area contributed by atoms with Gasteiger partial charge in [0.15, 0.2) is 0 Å². The Kier molecular flexibility index (Phi) is 6.88. The maximum Gasteiger partial charge on any atom is 0.264 e. The Bertz CT molecular complexity index is 1220. The van der Waals surface area contributed by atoms with Crippen LogP contribution in [0.2, 0.25) is 0 Å². The Balaban J connectivity index is 1.73. The lowest BCUT2D eigenvalue weighted by atomic mass is 10.0. The number of ether oxygens (including phenoxy) is 2. The van der Waals surface area contributed by atoms with Crippen LogP contribution in [0.4, 0.5) is 0 Å². The lowest BCUT2D eigenvalue weighted by molar-refractivity contribution is -0.119. The lowest BCUT2D eigenvalue weighted by Crippen LogP contribution is -2.28. The fourth-order valence-electron chi connectivity index (χ4n) is 3.37. The molecule has 0 atom stereocenters. The molecule has 170 valence electrons. The predicted molar refractivity (Wildman–Crippen MR) is 124 cm³/mol. The highest BCUT2D eigenvalue weighted by Crippen LogP contribution is 2.31. The van der Waals surface area contributed by atoms with Crippen molar-refractivity contribution in [3.63, 3.8) is 0 Å². The van der Waals surface area contributed by atoms with E-state index in [4.69, 9.17) is 9.47 Å². The van der Waals surface area contributed by atoms with Gasteiger partial charge in [-0.05, 0) is 49.6 Å². The van der Waals surface area contributed by atoms with E-state index in [9.17, 15) is 13.2 Å².